The molecule has 0 aromatic heterocycles. The first kappa shape index (κ1) is 14.0. The average molecular weight is 336 g/mol. The molecular weight excluding hydrogens is 321 g/mol. The van der Waals surface area contributed by atoms with Crippen molar-refractivity contribution in [2.24, 2.45) is 0 Å². The highest BCUT2D eigenvalue weighted by atomic mass is 79.9. The maximum atomic E-state index is 13.0. The molecule has 1 saturated carbocycles. The van der Waals surface area contributed by atoms with Crippen molar-refractivity contribution in [3.63, 3.8) is 0 Å². The van der Waals surface area contributed by atoms with Crippen LogP contribution in [0.3, 0.4) is 0 Å². The van der Waals surface area contributed by atoms with Gasteiger partial charge in [-0.15, -0.1) is 0 Å². The highest BCUT2D eigenvalue weighted by Gasteiger charge is 2.30. The third-order valence-corrected chi connectivity index (χ3v) is 5.91. The van der Waals surface area contributed by atoms with E-state index in [0.717, 1.165) is 19.3 Å². The minimum atomic E-state index is -3.57. The van der Waals surface area contributed by atoms with E-state index in [1.807, 2.05) is 0 Å². The molecular formula is C12H15BrFNO2S. The number of alkyl halides is 1. The van der Waals surface area contributed by atoms with Gasteiger partial charge >= 0.3 is 0 Å². The Hall–Kier alpha value is -0.460. The number of hydrogen-bond acceptors (Lipinski definition) is 2. The van der Waals surface area contributed by atoms with Crippen molar-refractivity contribution in [2.45, 2.75) is 42.0 Å². The molecule has 6 heteroatoms. The standard InChI is InChI=1S/C12H15BrFNO2S/c1-8-7-9(14)5-6-12(8)18(16,17)15-11-4-2-3-10(11)13/h5-7,10-11,15H,2-4H2,1H3. The summed E-state index contributed by atoms with van der Waals surface area (Å²) in [4.78, 5) is 0.323. The summed E-state index contributed by atoms with van der Waals surface area (Å²) in [6.45, 7) is 1.60. The van der Waals surface area contributed by atoms with E-state index in [9.17, 15) is 12.8 Å². The molecule has 0 radical (unpaired) electrons. The first-order valence-corrected chi connectivity index (χ1v) is 8.22. The molecule has 1 aliphatic carbocycles. The van der Waals surface area contributed by atoms with Gasteiger partial charge in [0.05, 0.1) is 4.90 Å². The zero-order valence-electron chi connectivity index (χ0n) is 9.99. The molecule has 2 rings (SSSR count). The normalized spacial score (nSPS) is 24.4. The Balaban J connectivity index is 2.25. The highest BCUT2D eigenvalue weighted by Crippen LogP contribution is 2.27. The highest BCUT2D eigenvalue weighted by molar-refractivity contribution is 9.09. The van der Waals surface area contributed by atoms with E-state index >= 15 is 0 Å². The Morgan fingerprint density at radius 2 is 2.11 bits per heavy atom. The van der Waals surface area contributed by atoms with Gasteiger partial charge in [0.15, 0.2) is 0 Å². The van der Waals surface area contributed by atoms with Gasteiger partial charge in [0, 0.05) is 10.9 Å². The van der Waals surface area contributed by atoms with Crippen molar-refractivity contribution in [3.05, 3.63) is 29.6 Å². The molecule has 3 nitrogen and oxygen atoms in total. The zero-order valence-corrected chi connectivity index (χ0v) is 12.4. The number of aryl methyl sites for hydroxylation is 1. The third-order valence-electron chi connectivity index (χ3n) is 3.16. The zero-order chi connectivity index (χ0) is 13.3. The summed E-state index contributed by atoms with van der Waals surface area (Å²) in [6, 6.07) is 3.63. The fourth-order valence-electron chi connectivity index (χ4n) is 2.22. The summed E-state index contributed by atoms with van der Waals surface area (Å²) in [6.07, 6.45) is 2.80. The topological polar surface area (TPSA) is 46.2 Å². The van der Waals surface area contributed by atoms with Crippen LogP contribution in [-0.2, 0) is 10.0 Å². The first-order valence-electron chi connectivity index (χ1n) is 5.83. The average Bonchev–Trinajstić information content (AvgIpc) is 2.63. The lowest BCUT2D eigenvalue weighted by molar-refractivity contribution is 0.555. The third kappa shape index (κ3) is 2.92. The summed E-state index contributed by atoms with van der Waals surface area (Å²) >= 11 is 3.47. The van der Waals surface area contributed by atoms with Gasteiger partial charge in [-0.05, 0) is 43.5 Å². The minimum absolute atomic E-state index is 0.0838. The van der Waals surface area contributed by atoms with E-state index in [-0.39, 0.29) is 15.8 Å². The molecule has 0 spiro atoms. The second-order valence-corrected chi connectivity index (χ2v) is 7.44. The summed E-state index contributed by atoms with van der Waals surface area (Å²) in [5.74, 6) is -0.425. The van der Waals surface area contributed by atoms with Crippen molar-refractivity contribution >= 4 is 26.0 Å². The van der Waals surface area contributed by atoms with Gasteiger partial charge in [-0.3, -0.25) is 0 Å². The van der Waals surface area contributed by atoms with E-state index in [0.29, 0.717) is 5.56 Å². The maximum absolute atomic E-state index is 13.0. The molecule has 18 heavy (non-hydrogen) atoms. The van der Waals surface area contributed by atoms with Crippen LogP contribution in [0.4, 0.5) is 4.39 Å². The molecule has 0 amide bonds. The Morgan fingerprint density at radius 1 is 1.39 bits per heavy atom. The Bertz CT molecular complexity index is 547. The molecule has 1 aromatic rings. The molecule has 0 saturated heterocycles. The van der Waals surface area contributed by atoms with Crippen LogP contribution < -0.4 is 4.72 Å². The lowest BCUT2D eigenvalue weighted by Crippen LogP contribution is -2.37. The van der Waals surface area contributed by atoms with E-state index < -0.39 is 15.8 Å². The van der Waals surface area contributed by atoms with Gasteiger partial charge in [0.25, 0.3) is 0 Å². The van der Waals surface area contributed by atoms with Crippen molar-refractivity contribution in [3.8, 4) is 0 Å². The van der Waals surface area contributed by atoms with Gasteiger partial charge in [-0.25, -0.2) is 17.5 Å². The van der Waals surface area contributed by atoms with E-state index in [2.05, 4.69) is 20.7 Å². The largest absolute Gasteiger partial charge is 0.241 e. The second kappa shape index (κ2) is 5.27. The fraction of sp³-hybridized carbons (Fsp3) is 0.500. The first-order chi connectivity index (χ1) is 8.40. The Morgan fingerprint density at radius 3 is 2.67 bits per heavy atom. The predicted octanol–water partition coefficient (Wildman–Crippen LogP) is 2.73. The van der Waals surface area contributed by atoms with Gasteiger partial charge < -0.3 is 0 Å². The number of hydrogen-bond donors (Lipinski definition) is 1. The molecule has 0 aliphatic heterocycles. The van der Waals surface area contributed by atoms with Crippen molar-refractivity contribution < 1.29 is 12.8 Å². The Labute approximate surface area is 115 Å². The van der Waals surface area contributed by atoms with Crippen LogP contribution in [0.5, 0.6) is 0 Å². The number of halogens is 2. The summed E-state index contributed by atoms with van der Waals surface area (Å²) in [5, 5.41) is 0. The number of benzene rings is 1. The lowest BCUT2D eigenvalue weighted by Gasteiger charge is -2.17. The van der Waals surface area contributed by atoms with Crippen LogP contribution in [0.1, 0.15) is 24.8 Å². The summed E-state index contributed by atoms with van der Waals surface area (Å²) < 4.78 is 40.1. The minimum Gasteiger partial charge on any atom is -0.207 e. The van der Waals surface area contributed by atoms with Gasteiger partial charge in [0.1, 0.15) is 5.82 Å². The number of nitrogens with one attached hydrogen (secondary N) is 1. The summed E-state index contributed by atoms with van der Waals surface area (Å²) in [5.41, 5.74) is 0.423. The molecule has 0 heterocycles. The van der Waals surface area contributed by atoms with E-state index in [4.69, 9.17) is 0 Å². The molecule has 2 unspecified atom stereocenters. The fourth-order valence-corrected chi connectivity index (χ4v) is 4.66. The molecule has 1 fully saturated rings. The van der Waals surface area contributed by atoms with Crippen LogP contribution >= 0.6 is 15.9 Å². The molecule has 1 N–H and O–H groups in total. The van der Waals surface area contributed by atoms with Crippen LogP contribution in [0.15, 0.2) is 23.1 Å². The van der Waals surface area contributed by atoms with Crippen LogP contribution in [0.25, 0.3) is 0 Å². The number of rotatable bonds is 3. The van der Waals surface area contributed by atoms with Crippen molar-refractivity contribution in [2.75, 3.05) is 0 Å². The van der Waals surface area contributed by atoms with E-state index in [1.54, 1.807) is 6.92 Å². The monoisotopic (exact) mass is 335 g/mol. The lowest BCUT2D eigenvalue weighted by atomic mass is 10.2. The molecule has 2 atom stereocenters. The molecule has 100 valence electrons. The van der Waals surface area contributed by atoms with Crippen molar-refractivity contribution in [1.82, 2.24) is 4.72 Å². The van der Waals surface area contributed by atoms with Gasteiger partial charge in [0.2, 0.25) is 10.0 Å². The van der Waals surface area contributed by atoms with Gasteiger partial charge in [-0.2, -0.15) is 0 Å². The van der Waals surface area contributed by atoms with Crippen LogP contribution in [0, 0.1) is 12.7 Å². The smallest absolute Gasteiger partial charge is 0.207 e. The van der Waals surface area contributed by atoms with Crippen molar-refractivity contribution in [1.29, 1.82) is 0 Å². The second-order valence-electron chi connectivity index (χ2n) is 4.58. The van der Waals surface area contributed by atoms with Crippen LogP contribution in [0.2, 0.25) is 0 Å². The quantitative estimate of drug-likeness (QED) is 0.863. The predicted molar refractivity (Wildman–Crippen MR) is 71.8 cm³/mol. The SMILES string of the molecule is Cc1cc(F)ccc1S(=O)(=O)NC1CCCC1Br. The molecule has 1 aromatic carbocycles. The van der Waals surface area contributed by atoms with Crippen LogP contribution in [-0.4, -0.2) is 19.3 Å². The maximum Gasteiger partial charge on any atom is 0.241 e. The number of sulfonamides is 1. The summed E-state index contributed by atoms with van der Waals surface area (Å²) in [7, 11) is -3.57. The Kier molecular flexibility index (Phi) is 4.08. The van der Waals surface area contributed by atoms with Gasteiger partial charge in [-0.1, -0.05) is 22.4 Å². The van der Waals surface area contributed by atoms with E-state index in [1.165, 1.54) is 18.2 Å². The molecule has 0 bridgehead atoms. The molecule has 1 aliphatic rings.